The second-order valence-electron chi connectivity index (χ2n) is 5.54. The summed E-state index contributed by atoms with van der Waals surface area (Å²) in [5.74, 6) is -0.157. The minimum Gasteiger partial charge on any atom is -0.327 e. The number of amides is 1. The average molecular weight is 326 g/mol. The maximum atomic E-state index is 13.0. The number of aromatic nitrogens is 3. The van der Waals surface area contributed by atoms with Gasteiger partial charge in [0.15, 0.2) is 5.69 Å². The summed E-state index contributed by atoms with van der Waals surface area (Å²) in [5, 5.41) is 10.3. The van der Waals surface area contributed by atoms with Crippen LogP contribution in [0.15, 0.2) is 40.6 Å². The number of aromatic amines is 1. The van der Waals surface area contributed by atoms with Crippen molar-refractivity contribution in [3.63, 3.8) is 0 Å². The van der Waals surface area contributed by atoms with E-state index in [9.17, 15) is 9.59 Å². The number of carbonyl (C=O) groups is 1. The first kappa shape index (κ1) is 14.1. The molecule has 116 valence electrons. The van der Waals surface area contributed by atoms with Gasteiger partial charge in [-0.1, -0.05) is 18.2 Å². The van der Waals surface area contributed by atoms with Crippen molar-refractivity contribution in [1.82, 2.24) is 20.1 Å². The van der Waals surface area contributed by atoms with Gasteiger partial charge in [-0.25, -0.2) is 10.1 Å². The van der Waals surface area contributed by atoms with E-state index in [0.717, 1.165) is 17.8 Å². The number of rotatable bonds is 4. The molecule has 2 aromatic heterocycles. The van der Waals surface area contributed by atoms with Gasteiger partial charge in [-0.05, 0) is 18.9 Å². The molecular weight excluding hydrogens is 312 g/mol. The molecular formula is C16H14N4O2S. The molecule has 7 heteroatoms. The number of benzene rings is 1. The van der Waals surface area contributed by atoms with Crippen molar-refractivity contribution in [2.24, 2.45) is 0 Å². The molecule has 0 unspecified atom stereocenters. The molecule has 0 spiro atoms. The van der Waals surface area contributed by atoms with Crippen LogP contribution < -0.4 is 5.56 Å². The summed E-state index contributed by atoms with van der Waals surface area (Å²) in [6.07, 6.45) is 3.74. The van der Waals surface area contributed by atoms with Crippen molar-refractivity contribution < 1.29 is 4.79 Å². The van der Waals surface area contributed by atoms with E-state index in [4.69, 9.17) is 0 Å². The monoisotopic (exact) mass is 326 g/mol. The number of nitrogens with zero attached hydrogens (tertiary/aromatic N) is 3. The Morgan fingerprint density at radius 3 is 2.78 bits per heavy atom. The molecule has 1 saturated carbocycles. The van der Waals surface area contributed by atoms with Crippen LogP contribution in [0.25, 0.3) is 10.8 Å². The number of hydrogen-bond donors (Lipinski definition) is 1. The Morgan fingerprint density at radius 2 is 2.09 bits per heavy atom. The predicted octanol–water partition coefficient (Wildman–Crippen LogP) is 2.18. The van der Waals surface area contributed by atoms with Gasteiger partial charge < -0.3 is 4.90 Å². The lowest BCUT2D eigenvalue weighted by Crippen LogP contribution is -2.34. The fourth-order valence-electron chi connectivity index (χ4n) is 2.64. The molecule has 1 aliphatic carbocycles. The van der Waals surface area contributed by atoms with Crippen LogP contribution in [0.3, 0.4) is 0 Å². The van der Waals surface area contributed by atoms with Crippen molar-refractivity contribution in [1.29, 1.82) is 0 Å². The number of H-pyrrole nitrogens is 1. The normalized spacial score (nSPS) is 14.1. The van der Waals surface area contributed by atoms with Crippen LogP contribution in [-0.2, 0) is 6.54 Å². The molecule has 0 radical (unpaired) electrons. The van der Waals surface area contributed by atoms with Gasteiger partial charge in [0.1, 0.15) is 5.01 Å². The second-order valence-corrected chi connectivity index (χ2v) is 6.52. The molecule has 4 rings (SSSR count). The molecule has 2 heterocycles. The highest BCUT2D eigenvalue weighted by atomic mass is 32.1. The fourth-order valence-corrected chi connectivity index (χ4v) is 3.26. The number of carbonyl (C=O) groups excluding carboxylic acids is 1. The molecule has 0 aliphatic heterocycles. The molecule has 0 saturated heterocycles. The molecule has 1 amide bonds. The average Bonchev–Trinajstić information content (AvgIpc) is 3.29. The minimum absolute atomic E-state index is 0.157. The molecule has 3 aromatic rings. The third-order valence-electron chi connectivity index (χ3n) is 3.94. The first-order valence-corrected chi connectivity index (χ1v) is 8.29. The lowest BCUT2D eigenvalue weighted by Gasteiger charge is -2.21. The third kappa shape index (κ3) is 2.63. The molecule has 0 bridgehead atoms. The van der Waals surface area contributed by atoms with Gasteiger partial charge in [0, 0.05) is 23.0 Å². The van der Waals surface area contributed by atoms with Crippen molar-refractivity contribution in [2.45, 2.75) is 25.4 Å². The highest BCUT2D eigenvalue weighted by Gasteiger charge is 2.35. The first-order chi connectivity index (χ1) is 11.2. The van der Waals surface area contributed by atoms with Crippen molar-refractivity contribution in [2.75, 3.05) is 0 Å². The minimum atomic E-state index is -0.282. The van der Waals surface area contributed by atoms with E-state index in [1.165, 1.54) is 11.3 Å². The maximum absolute atomic E-state index is 13.0. The van der Waals surface area contributed by atoms with Gasteiger partial charge >= 0.3 is 0 Å². The summed E-state index contributed by atoms with van der Waals surface area (Å²) in [4.78, 5) is 30.9. The number of thiazole rings is 1. The second kappa shape index (κ2) is 5.58. The van der Waals surface area contributed by atoms with Crippen molar-refractivity contribution in [3.05, 3.63) is 56.9 Å². The van der Waals surface area contributed by atoms with E-state index in [1.54, 1.807) is 24.4 Å². The van der Waals surface area contributed by atoms with E-state index >= 15 is 0 Å². The molecule has 1 N–H and O–H groups in total. The van der Waals surface area contributed by atoms with Gasteiger partial charge in [-0.2, -0.15) is 5.10 Å². The van der Waals surface area contributed by atoms with Gasteiger partial charge in [0.05, 0.1) is 11.9 Å². The summed E-state index contributed by atoms with van der Waals surface area (Å²) < 4.78 is 0. The Morgan fingerprint density at radius 1 is 1.30 bits per heavy atom. The van der Waals surface area contributed by atoms with Crippen molar-refractivity contribution >= 4 is 28.0 Å². The number of hydrogen-bond acceptors (Lipinski definition) is 5. The van der Waals surface area contributed by atoms with Crippen LogP contribution >= 0.6 is 11.3 Å². The molecule has 1 aliphatic rings. The topological polar surface area (TPSA) is 79.0 Å². The maximum Gasteiger partial charge on any atom is 0.275 e. The van der Waals surface area contributed by atoms with Crippen LogP contribution in [0, 0.1) is 0 Å². The highest BCUT2D eigenvalue weighted by Crippen LogP contribution is 2.30. The summed E-state index contributed by atoms with van der Waals surface area (Å²) in [7, 11) is 0. The zero-order chi connectivity index (χ0) is 15.8. The Labute approximate surface area is 135 Å². The Hall–Kier alpha value is -2.54. The molecule has 0 atom stereocenters. The smallest absolute Gasteiger partial charge is 0.275 e. The van der Waals surface area contributed by atoms with E-state index in [2.05, 4.69) is 15.2 Å². The van der Waals surface area contributed by atoms with Crippen LogP contribution in [0.2, 0.25) is 0 Å². The van der Waals surface area contributed by atoms with Crippen LogP contribution in [-0.4, -0.2) is 32.0 Å². The van der Waals surface area contributed by atoms with Crippen molar-refractivity contribution in [3.8, 4) is 0 Å². The predicted molar refractivity (Wildman–Crippen MR) is 87.4 cm³/mol. The van der Waals surface area contributed by atoms with E-state index in [-0.39, 0.29) is 17.5 Å². The zero-order valence-electron chi connectivity index (χ0n) is 12.2. The summed E-state index contributed by atoms with van der Waals surface area (Å²) in [6.45, 7) is 0.482. The van der Waals surface area contributed by atoms with Crippen LogP contribution in [0.4, 0.5) is 0 Å². The SMILES string of the molecule is O=C(c1n[nH]c(=O)c2ccccc12)N(Cc1nccs1)C1CC1. The zero-order valence-corrected chi connectivity index (χ0v) is 13.0. The standard InChI is InChI=1S/C16H14N4O2S/c21-15-12-4-2-1-3-11(12)14(18-19-15)16(22)20(10-5-6-10)9-13-17-7-8-23-13/h1-4,7-8,10H,5-6,9H2,(H,19,21). The highest BCUT2D eigenvalue weighted by molar-refractivity contribution is 7.09. The lowest BCUT2D eigenvalue weighted by molar-refractivity contribution is 0.0725. The molecule has 1 fully saturated rings. The number of nitrogens with one attached hydrogen (secondary N) is 1. The number of fused-ring (bicyclic) bond motifs is 1. The lowest BCUT2D eigenvalue weighted by atomic mass is 10.1. The van der Waals surface area contributed by atoms with Gasteiger partial charge in [0.2, 0.25) is 0 Å². The largest absolute Gasteiger partial charge is 0.327 e. The van der Waals surface area contributed by atoms with Crippen LogP contribution in [0.5, 0.6) is 0 Å². The Kier molecular flexibility index (Phi) is 3.42. The van der Waals surface area contributed by atoms with Gasteiger partial charge in [0.25, 0.3) is 11.5 Å². The first-order valence-electron chi connectivity index (χ1n) is 7.41. The molecule has 23 heavy (non-hydrogen) atoms. The summed E-state index contributed by atoms with van der Waals surface area (Å²) in [6, 6.07) is 7.29. The van der Waals surface area contributed by atoms with Crippen LogP contribution in [0.1, 0.15) is 28.3 Å². The third-order valence-corrected chi connectivity index (χ3v) is 4.70. The Balaban J connectivity index is 1.75. The van der Waals surface area contributed by atoms with Gasteiger partial charge in [-0.3, -0.25) is 9.59 Å². The Bertz CT molecular complexity index is 915. The molecule has 6 nitrogen and oxygen atoms in total. The fraction of sp³-hybridized carbons (Fsp3) is 0.250. The van der Waals surface area contributed by atoms with E-state index < -0.39 is 0 Å². The quantitative estimate of drug-likeness (QED) is 0.797. The van der Waals surface area contributed by atoms with Gasteiger partial charge in [-0.15, -0.1) is 11.3 Å². The molecule has 1 aromatic carbocycles. The van der Waals surface area contributed by atoms with E-state index in [1.807, 2.05) is 16.3 Å². The summed E-state index contributed by atoms with van der Waals surface area (Å²) in [5.41, 5.74) is 0.0127. The van der Waals surface area contributed by atoms with E-state index in [0.29, 0.717) is 23.0 Å². The summed E-state index contributed by atoms with van der Waals surface area (Å²) >= 11 is 1.53.